The van der Waals surface area contributed by atoms with E-state index < -0.39 is 0 Å². The van der Waals surface area contributed by atoms with Crippen molar-refractivity contribution in [3.63, 3.8) is 0 Å². The van der Waals surface area contributed by atoms with E-state index >= 15 is 0 Å². The Bertz CT molecular complexity index is 415. The van der Waals surface area contributed by atoms with E-state index in [1.54, 1.807) is 18.3 Å². The Morgan fingerprint density at radius 3 is 2.89 bits per heavy atom. The number of carbonyl (C=O) groups excluding carboxylic acids is 1. The summed E-state index contributed by atoms with van der Waals surface area (Å²) in [6, 6.07) is 3.10. The average Bonchev–Trinajstić information content (AvgIpc) is 2.40. The van der Waals surface area contributed by atoms with Gasteiger partial charge in [0.05, 0.1) is 5.69 Å². The molecule has 0 bridgehead atoms. The van der Waals surface area contributed by atoms with Crippen LogP contribution in [0.15, 0.2) is 18.3 Å². The normalized spacial score (nSPS) is 13.7. The van der Waals surface area contributed by atoms with E-state index in [0.29, 0.717) is 5.69 Å². The van der Waals surface area contributed by atoms with Crippen molar-refractivity contribution in [2.24, 2.45) is 5.92 Å². The van der Waals surface area contributed by atoms with Crippen LogP contribution in [0, 0.1) is 5.92 Å². The first-order valence-corrected chi connectivity index (χ1v) is 6.73. The number of anilines is 1. The molecule has 2 atom stereocenters. The van der Waals surface area contributed by atoms with E-state index in [0.717, 1.165) is 12.8 Å². The summed E-state index contributed by atoms with van der Waals surface area (Å²) >= 11 is 5.86. The average molecular weight is 286 g/mol. The maximum atomic E-state index is 11.8. The van der Waals surface area contributed by atoms with Gasteiger partial charge in [0.25, 0.3) is 0 Å². The van der Waals surface area contributed by atoms with E-state index in [4.69, 9.17) is 16.7 Å². The standard InChI is InChI=1S/C13H20ClN3O2/c1-3-10(7-9(2)8-18)16-13(19)17-11-5-4-6-15-12(11)14/h4-6,9-10,18H,3,7-8H2,1-2H3,(H2,16,17,19)/t9-,10+/m1/s1. The van der Waals surface area contributed by atoms with Gasteiger partial charge in [0, 0.05) is 18.8 Å². The fourth-order valence-corrected chi connectivity index (χ4v) is 1.88. The van der Waals surface area contributed by atoms with Gasteiger partial charge in [-0.3, -0.25) is 0 Å². The SMILES string of the molecule is CC[C@@H](C[C@@H](C)CO)NC(=O)Nc1cccnc1Cl. The van der Waals surface area contributed by atoms with Gasteiger partial charge in [-0.25, -0.2) is 9.78 Å². The van der Waals surface area contributed by atoms with Crippen molar-refractivity contribution in [2.45, 2.75) is 32.7 Å². The second kappa shape index (κ2) is 7.96. The van der Waals surface area contributed by atoms with Gasteiger partial charge in [-0.15, -0.1) is 0 Å². The van der Waals surface area contributed by atoms with Crippen LogP contribution in [0.5, 0.6) is 0 Å². The minimum absolute atomic E-state index is 0.0256. The van der Waals surface area contributed by atoms with Crippen LogP contribution in [0.3, 0.4) is 0 Å². The van der Waals surface area contributed by atoms with Gasteiger partial charge in [-0.05, 0) is 30.9 Å². The Balaban J connectivity index is 2.52. The summed E-state index contributed by atoms with van der Waals surface area (Å²) < 4.78 is 0. The lowest BCUT2D eigenvalue weighted by Crippen LogP contribution is -2.38. The lowest BCUT2D eigenvalue weighted by atomic mass is 10.0. The monoisotopic (exact) mass is 285 g/mol. The van der Waals surface area contributed by atoms with Crippen LogP contribution < -0.4 is 10.6 Å². The number of aliphatic hydroxyl groups excluding tert-OH is 1. The third-order valence-electron chi connectivity index (χ3n) is 2.83. The molecular weight excluding hydrogens is 266 g/mol. The predicted octanol–water partition coefficient (Wildman–Crippen LogP) is 2.65. The second-order valence-electron chi connectivity index (χ2n) is 4.57. The fraction of sp³-hybridized carbons (Fsp3) is 0.538. The molecule has 0 saturated carbocycles. The summed E-state index contributed by atoms with van der Waals surface area (Å²) in [7, 11) is 0. The molecule has 1 aromatic rings. The predicted molar refractivity (Wildman–Crippen MR) is 76.3 cm³/mol. The summed E-state index contributed by atoms with van der Waals surface area (Å²) in [6.07, 6.45) is 3.10. The van der Waals surface area contributed by atoms with Crippen LogP contribution in [0.2, 0.25) is 5.15 Å². The van der Waals surface area contributed by atoms with Crippen LogP contribution in [0.4, 0.5) is 10.5 Å². The summed E-state index contributed by atoms with van der Waals surface area (Å²) in [4.78, 5) is 15.7. The van der Waals surface area contributed by atoms with Gasteiger partial charge in [0.2, 0.25) is 0 Å². The molecule has 19 heavy (non-hydrogen) atoms. The molecule has 1 aromatic heterocycles. The molecule has 3 N–H and O–H groups in total. The number of urea groups is 1. The number of aromatic nitrogens is 1. The number of nitrogens with one attached hydrogen (secondary N) is 2. The largest absolute Gasteiger partial charge is 0.396 e. The molecule has 0 spiro atoms. The molecular formula is C13H20ClN3O2. The van der Waals surface area contributed by atoms with Crippen molar-refractivity contribution in [1.29, 1.82) is 0 Å². The second-order valence-corrected chi connectivity index (χ2v) is 4.93. The molecule has 0 aliphatic rings. The summed E-state index contributed by atoms with van der Waals surface area (Å²) in [5.41, 5.74) is 0.478. The minimum atomic E-state index is -0.313. The van der Waals surface area contributed by atoms with Crippen LogP contribution in [-0.4, -0.2) is 28.8 Å². The van der Waals surface area contributed by atoms with Crippen molar-refractivity contribution in [3.05, 3.63) is 23.5 Å². The Kier molecular flexibility index (Phi) is 6.59. The maximum Gasteiger partial charge on any atom is 0.319 e. The quantitative estimate of drug-likeness (QED) is 0.704. The van der Waals surface area contributed by atoms with Crippen molar-refractivity contribution in [1.82, 2.24) is 10.3 Å². The Labute approximate surface area is 118 Å². The summed E-state index contributed by atoms with van der Waals surface area (Å²) in [5, 5.41) is 14.8. The van der Waals surface area contributed by atoms with Crippen molar-refractivity contribution < 1.29 is 9.90 Å². The van der Waals surface area contributed by atoms with E-state index in [1.807, 2.05) is 13.8 Å². The van der Waals surface area contributed by atoms with Gasteiger partial charge >= 0.3 is 6.03 Å². The topological polar surface area (TPSA) is 74.2 Å². The zero-order valence-corrected chi connectivity index (χ0v) is 11.9. The number of aliphatic hydroxyl groups is 1. The molecule has 1 rings (SSSR count). The van der Waals surface area contributed by atoms with Gasteiger partial charge < -0.3 is 15.7 Å². The van der Waals surface area contributed by atoms with Gasteiger partial charge in [-0.1, -0.05) is 25.4 Å². The smallest absolute Gasteiger partial charge is 0.319 e. The molecule has 5 nitrogen and oxygen atoms in total. The molecule has 0 unspecified atom stereocenters. The maximum absolute atomic E-state index is 11.8. The molecule has 0 saturated heterocycles. The molecule has 106 valence electrons. The number of nitrogens with zero attached hydrogens (tertiary/aromatic N) is 1. The Morgan fingerprint density at radius 2 is 2.32 bits per heavy atom. The summed E-state index contributed by atoms with van der Waals surface area (Å²) in [6.45, 7) is 4.06. The van der Waals surface area contributed by atoms with Crippen LogP contribution in [0.1, 0.15) is 26.7 Å². The van der Waals surface area contributed by atoms with Gasteiger partial charge in [0.15, 0.2) is 5.15 Å². The first-order valence-electron chi connectivity index (χ1n) is 6.35. The fourth-order valence-electron chi connectivity index (χ4n) is 1.71. The first kappa shape index (κ1) is 15.7. The molecule has 0 fully saturated rings. The highest BCUT2D eigenvalue weighted by atomic mass is 35.5. The van der Waals surface area contributed by atoms with Crippen molar-refractivity contribution in [3.8, 4) is 0 Å². The molecule has 0 aromatic carbocycles. The van der Waals surface area contributed by atoms with Gasteiger partial charge in [-0.2, -0.15) is 0 Å². The Morgan fingerprint density at radius 1 is 1.58 bits per heavy atom. The number of amides is 2. The molecule has 1 heterocycles. The highest BCUT2D eigenvalue weighted by Crippen LogP contribution is 2.17. The lowest BCUT2D eigenvalue weighted by molar-refractivity contribution is 0.213. The summed E-state index contributed by atoms with van der Waals surface area (Å²) in [5.74, 6) is 0.159. The number of hydrogen-bond donors (Lipinski definition) is 3. The van der Waals surface area contributed by atoms with Crippen molar-refractivity contribution >= 4 is 23.3 Å². The van der Waals surface area contributed by atoms with Gasteiger partial charge in [0.1, 0.15) is 0 Å². The van der Waals surface area contributed by atoms with E-state index in [1.165, 1.54) is 0 Å². The third kappa shape index (κ3) is 5.44. The number of rotatable bonds is 6. The van der Waals surface area contributed by atoms with E-state index in [2.05, 4.69) is 15.6 Å². The van der Waals surface area contributed by atoms with Crippen molar-refractivity contribution in [2.75, 3.05) is 11.9 Å². The number of pyridine rings is 1. The zero-order valence-electron chi connectivity index (χ0n) is 11.2. The van der Waals surface area contributed by atoms with E-state index in [9.17, 15) is 4.79 Å². The molecule has 0 radical (unpaired) electrons. The number of halogens is 1. The number of hydrogen-bond acceptors (Lipinski definition) is 3. The molecule has 0 aliphatic carbocycles. The molecule has 2 amide bonds. The van der Waals surface area contributed by atoms with E-state index in [-0.39, 0.29) is 29.8 Å². The highest BCUT2D eigenvalue weighted by Gasteiger charge is 2.14. The van der Waals surface area contributed by atoms with Crippen LogP contribution in [0.25, 0.3) is 0 Å². The number of carbonyl (C=O) groups is 1. The van der Waals surface area contributed by atoms with Crippen LogP contribution >= 0.6 is 11.6 Å². The first-order chi connectivity index (χ1) is 9.06. The minimum Gasteiger partial charge on any atom is -0.396 e. The zero-order chi connectivity index (χ0) is 14.3. The lowest BCUT2D eigenvalue weighted by Gasteiger charge is -2.20. The third-order valence-corrected chi connectivity index (χ3v) is 3.14. The molecule has 0 aliphatic heterocycles. The Hall–Kier alpha value is -1.33. The molecule has 6 heteroatoms. The highest BCUT2D eigenvalue weighted by molar-refractivity contribution is 6.32. The van der Waals surface area contributed by atoms with Crippen LogP contribution in [-0.2, 0) is 0 Å².